The molecule has 1 N–H and O–H groups in total. The molecule has 3 aliphatic rings. The first-order valence-corrected chi connectivity index (χ1v) is 17.4. The molecule has 3 saturated heterocycles. The molecular formula is C38H42BrN3O5. The summed E-state index contributed by atoms with van der Waals surface area (Å²) in [6, 6.07) is 22.4. The Kier molecular flexibility index (Phi) is 9.96. The van der Waals surface area contributed by atoms with Crippen molar-refractivity contribution in [1.29, 1.82) is 0 Å². The summed E-state index contributed by atoms with van der Waals surface area (Å²) in [5.74, 6) is -2.25. The Bertz CT molecular complexity index is 1650. The maximum absolute atomic E-state index is 15.0. The summed E-state index contributed by atoms with van der Waals surface area (Å²) < 4.78 is 6.82. The summed E-state index contributed by atoms with van der Waals surface area (Å²) in [7, 11) is 0. The van der Waals surface area contributed by atoms with Crippen LogP contribution in [0.25, 0.3) is 10.8 Å². The van der Waals surface area contributed by atoms with E-state index in [1.165, 1.54) is 0 Å². The van der Waals surface area contributed by atoms with Gasteiger partial charge in [0.2, 0.25) is 11.8 Å². The largest absolute Gasteiger partial charge is 0.396 e. The van der Waals surface area contributed by atoms with Gasteiger partial charge in [-0.3, -0.25) is 14.4 Å². The maximum atomic E-state index is 15.0. The SMILES string of the molecule is C=CCN(C(=O)C1N(CCCCCCO)C(=O)[C@@H]2[C@H](C(=O)N(CC=C)c3ccccc3)[C@H]3OC12CC3Br)c1ccc2ccccc2c1. The molecule has 0 saturated carbocycles. The van der Waals surface area contributed by atoms with E-state index in [0.29, 0.717) is 37.2 Å². The number of aliphatic hydroxyl groups is 1. The number of aliphatic hydroxyl groups excluding tert-OH is 1. The molecule has 8 nitrogen and oxygen atoms in total. The van der Waals surface area contributed by atoms with Crippen molar-refractivity contribution in [2.45, 2.75) is 54.7 Å². The average molecular weight is 701 g/mol. The molecule has 3 aromatic rings. The van der Waals surface area contributed by atoms with Crippen LogP contribution in [-0.2, 0) is 19.1 Å². The number of unbranched alkanes of at least 4 members (excludes halogenated alkanes) is 3. The molecular weight excluding hydrogens is 658 g/mol. The number of likely N-dealkylation sites (tertiary alicyclic amines) is 1. The van der Waals surface area contributed by atoms with Crippen molar-refractivity contribution < 1.29 is 24.2 Å². The molecule has 3 aromatic carbocycles. The van der Waals surface area contributed by atoms with E-state index >= 15 is 0 Å². The second-order valence-electron chi connectivity index (χ2n) is 12.7. The van der Waals surface area contributed by atoms with Gasteiger partial charge in [-0.05, 0) is 54.3 Å². The number of anilines is 2. The van der Waals surface area contributed by atoms with Gasteiger partial charge in [-0.2, -0.15) is 0 Å². The van der Waals surface area contributed by atoms with Crippen LogP contribution in [0.2, 0.25) is 0 Å². The third kappa shape index (κ3) is 5.94. The highest BCUT2D eigenvalue weighted by Gasteiger charge is 2.77. The lowest BCUT2D eigenvalue weighted by Gasteiger charge is -2.37. The highest BCUT2D eigenvalue weighted by molar-refractivity contribution is 9.09. The van der Waals surface area contributed by atoms with Crippen molar-refractivity contribution in [3.8, 4) is 0 Å². The van der Waals surface area contributed by atoms with E-state index in [-0.39, 0.29) is 42.2 Å². The Morgan fingerprint density at radius 3 is 2.26 bits per heavy atom. The Labute approximate surface area is 284 Å². The molecule has 9 heteroatoms. The molecule has 3 aliphatic heterocycles. The molecule has 0 radical (unpaired) electrons. The summed E-state index contributed by atoms with van der Waals surface area (Å²) >= 11 is 3.81. The quantitative estimate of drug-likeness (QED) is 0.129. The lowest BCUT2D eigenvalue weighted by Crippen LogP contribution is -2.57. The van der Waals surface area contributed by atoms with Gasteiger partial charge in [-0.15, -0.1) is 13.2 Å². The third-order valence-electron chi connectivity index (χ3n) is 9.88. The minimum absolute atomic E-state index is 0.117. The van der Waals surface area contributed by atoms with Gasteiger partial charge in [0.25, 0.3) is 5.91 Å². The van der Waals surface area contributed by atoms with E-state index in [1.807, 2.05) is 72.8 Å². The molecule has 3 fully saturated rings. The van der Waals surface area contributed by atoms with Gasteiger partial charge in [-0.1, -0.05) is 89.5 Å². The molecule has 1 spiro atoms. The van der Waals surface area contributed by atoms with Crippen LogP contribution in [0, 0.1) is 11.8 Å². The zero-order valence-corrected chi connectivity index (χ0v) is 28.1. The monoisotopic (exact) mass is 699 g/mol. The highest BCUT2D eigenvalue weighted by atomic mass is 79.9. The van der Waals surface area contributed by atoms with Gasteiger partial charge in [-0.25, -0.2) is 0 Å². The first-order chi connectivity index (χ1) is 22.9. The number of hydrogen-bond donors (Lipinski definition) is 1. The van der Waals surface area contributed by atoms with Crippen LogP contribution in [-0.4, -0.2) is 76.5 Å². The van der Waals surface area contributed by atoms with E-state index in [1.54, 1.807) is 26.9 Å². The molecule has 2 bridgehead atoms. The van der Waals surface area contributed by atoms with Crippen molar-refractivity contribution in [1.82, 2.24) is 4.90 Å². The van der Waals surface area contributed by atoms with E-state index in [2.05, 4.69) is 29.1 Å². The van der Waals surface area contributed by atoms with E-state index < -0.39 is 29.6 Å². The summed E-state index contributed by atoms with van der Waals surface area (Å²) in [5.41, 5.74) is 0.249. The molecule has 3 unspecified atom stereocenters. The number of carbonyl (C=O) groups is 3. The molecule has 6 rings (SSSR count). The Morgan fingerprint density at radius 2 is 1.55 bits per heavy atom. The fraction of sp³-hybridized carbons (Fsp3) is 0.395. The summed E-state index contributed by atoms with van der Waals surface area (Å²) in [6.07, 6.45) is 6.21. The number of rotatable bonds is 14. The van der Waals surface area contributed by atoms with Gasteiger partial charge < -0.3 is 24.5 Å². The second kappa shape index (κ2) is 14.1. The minimum Gasteiger partial charge on any atom is -0.396 e. The molecule has 0 aliphatic carbocycles. The number of halogens is 1. The number of alkyl halides is 1. The molecule has 246 valence electrons. The van der Waals surface area contributed by atoms with E-state index in [9.17, 15) is 19.5 Å². The Hall–Kier alpha value is -3.79. The smallest absolute Gasteiger partial charge is 0.253 e. The van der Waals surface area contributed by atoms with Crippen LogP contribution in [0.4, 0.5) is 11.4 Å². The van der Waals surface area contributed by atoms with Gasteiger partial charge >= 0.3 is 0 Å². The van der Waals surface area contributed by atoms with Crippen molar-refractivity contribution in [3.63, 3.8) is 0 Å². The van der Waals surface area contributed by atoms with Crippen LogP contribution in [0.3, 0.4) is 0 Å². The normalized spacial score (nSPS) is 26.0. The predicted molar refractivity (Wildman–Crippen MR) is 188 cm³/mol. The molecule has 6 atom stereocenters. The topological polar surface area (TPSA) is 90.4 Å². The standard InChI is InChI=1S/C38H42BrN3O5/c1-3-20-40(28-16-8-7-9-17-28)35(44)31-32-36(45)42(22-12-5-6-13-23-43)34(38(32)25-30(39)33(31)47-38)37(46)41(21-4-2)29-19-18-26-14-10-11-15-27(26)24-29/h3-4,7-11,14-19,24,30-34,43H,1-2,5-6,12-13,20-23,25H2/t30?,31-,32-,33-,34?,38?/m0/s1. The van der Waals surface area contributed by atoms with Crippen molar-refractivity contribution >= 4 is 55.8 Å². The molecule has 3 heterocycles. The zero-order chi connectivity index (χ0) is 33.1. The van der Waals surface area contributed by atoms with Gasteiger partial charge in [0.1, 0.15) is 11.6 Å². The second-order valence-corrected chi connectivity index (χ2v) is 13.9. The highest BCUT2D eigenvalue weighted by Crippen LogP contribution is 2.60. The maximum Gasteiger partial charge on any atom is 0.253 e. The first-order valence-electron chi connectivity index (χ1n) is 16.5. The first kappa shape index (κ1) is 33.1. The van der Waals surface area contributed by atoms with Crippen molar-refractivity contribution in [3.05, 3.63) is 98.1 Å². The van der Waals surface area contributed by atoms with Crippen LogP contribution in [0.5, 0.6) is 0 Å². The van der Waals surface area contributed by atoms with E-state index in [4.69, 9.17) is 4.74 Å². The number of fused-ring (bicyclic) bond motifs is 2. The fourth-order valence-corrected chi connectivity index (χ4v) is 8.81. The number of ether oxygens (including phenoxy) is 1. The Morgan fingerprint density at radius 1 is 0.894 bits per heavy atom. The number of benzene rings is 3. The van der Waals surface area contributed by atoms with Gasteiger partial charge in [0.15, 0.2) is 0 Å². The predicted octanol–water partition coefficient (Wildman–Crippen LogP) is 5.88. The lowest BCUT2D eigenvalue weighted by molar-refractivity contribution is -0.140. The number of amides is 3. The van der Waals surface area contributed by atoms with Crippen molar-refractivity contribution in [2.75, 3.05) is 36.0 Å². The fourth-order valence-electron chi connectivity index (χ4n) is 7.86. The van der Waals surface area contributed by atoms with Crippen LogP contribution < -0.4 is 9.80 Å². The lowest BCUT2D eigenvalue weighted by atomic mass is 9.70. The zero-order valence-electron chi connectivity index (χ0n) is 26.5. The number of carbonyl (C=O) groups excluding carboxylic acids is 3. The van der Waals surface area contributed by atoms with Crippen molar-refractivity contribution in [2.24, 2.45) is 11.8 Å². The third-order valence-corrected chi connectivity index (χ3v) is 10.7. The molecule has 47 heavy (non-hydrogen) atoms. The number of hydrogen-bond acceptors (Lipinski definition) is 5. The number of nitrogens with zero attached hydrogens (tertiary/aromatic N) is 3. The summed E-state index contributed by atoms with van der Waals surface area (Å²) in [5, 5.41) is 11.3. The van der Waals surface area contributed by atoms with E-state index in [0.717, 1.165) is 23.6 Å². The number of para-hydroxylation sites is 1. The molecule has 0 aromatic heterocycles. The molecule has 3 amide bonds. The van der Waals surface area contributed by atoms with Crippen LogP contribution >= 0.6 is 15.9 Å². The van der Waals surface area contributed by atoms with Gasteiger partial charge in [0.05, 0.1) is 17.9 Å². The van der Waals surface area contributed by atoms with Crippen LogP contribution in [0.15, 0.2) is 98.1 Å². The summed E-state index contributed by atoms with van der Waals surface area (Å²) in [6.45, 7) is 8.82. The van der Waals surface area contributed by atoms with Crippen LogP contribution in [0.1, 0.15) is 32.1 Å². The average Bonchev–Trinajstić information content (AvgIpc) is 3.68. The minimum atomic E-state index is -1.18. The Balaban J connectivity index is 1.40. The summed E-state index contributed by atoms with van der Waals surface area (Å²) in [4.78, 5) is 49.0. The van der Waals surface area contributed by atoms with Gasteiger partial charge in [0, 0.05) is 42.4 Å².